The Bertz CT molecular complexity index is 1070. The second-order valence-electron chi connectivity index (χ2n) is 9.76. The van der Waals surface area contributed by atoms with Gasteiger partial charge in [-0.2, -0.15) is 0 Å². The summed E-state index contributed by atoms with van der Waals surface area (Å²) in [6.07, 6.45) is -0.0261. The summed E-state index contributed by atoms with van der Waals surface area (Å²) in [5.41, 5.74) is 1.23. The normalized spacial score (nSPS) is 17.6. The topological polar surface area (TPSA) is 79.3 Å². The van der Waals surface area contributed by atoms with Gasteiger partial charge in [0.25, 0.3) is 11.7 Å². The predicted octanol–water partition coefficient (Wildman–Crippen LogP) is 4.49. The maximum Gasteiger partial charge on any atom is 0.295 e. The highest BCUT2D eigenvalue weighted by atomic mass is 16.5. The van der Waals surface area contributed by atoms with Crippen molar-refractivity contribution in [1.29, 1.82) is 0 Å². The molecule has 0 aromatic heterocycles. The lowest BCUT2D eigenvalue weighted by molar-refractivity contribution is -0.140. The zero-order valence-electron chi connectivity index (χ0n) is 21.4. The highest BCUT2D eigenvalue weighted by Gasteiger charge is 2.46. The van der Waals surface area contributed by atoms with E-state index in [9.17, 15) is 14.7 Å². The minimum absolute atomic E-state index is 0.0261. The molecule has 7 nitrogen and oxygen atoms in total. The number of carbonyl (C=O) groups excluding carboxylic acids is 2. The number of likely N-dealkylation sites (N-methyl/N-ethyl adjacent to an activating group) is 1. The molecule has 2 aromatic rings. The first kappa shape index (κ1) is 26.3. The average molecular weight is 481 g/mol. The summed E-state index contributed by atoms with van der Waals surface area (Å²) in [5, 5.41) is 11.3. The summed E-state index contributed by atoms with van der Waals surface area (Å²) in [7, 11) is 3.82. The molecule has 1 saturated heterocycles. The van der Waals surface area contributed by atoms with Crippen molar-refractivity contribution >= 4 is 17.4 Å². The van der Waals surface area contributed by atoms with Crippen molar-refractivity contribution < 1.29 is 24.2 Å². The zero-order chi connectivity index (χ0) is 25.7. The van der Waals surface area contributed by atoms with Crippen LogP contribution in [0, 0.1) is 5.92 Å². The molecule has 0 spiro atoms. The van der Waals surface area contributed by atoms with Crippen LogP contribution >= 0.6 is 0 Å². The number of Topliss-reactive ketones (excluding diaryl/α,β-unsaturated/α-hetero) is 1. The van der Waals surface area contributed by atoms with Crippen molar-refractivity contribution in [2.24, 2.45) is 5.92 Å². The number of amides is 1. The van der Waals surface area contributed by atoms with E-state index in [4.69, 9.17) is 9.47 Å². The molecule has 0 bridgehead atoms. The van der Waals surface area contributed by atoms with Gasteiger partial charge in [-0.25, -0.2) is 0 Å². The second-order valence-corrected chi connectivity index (χ2v) is 9.76. The van der Waals surface area contributed by atoms with E-state index >= 15 is 0 Å². The minimum Gasteiger partial charge on any atom is -0.507 e. The summed E-state index contributed by atoms with van der Waals surface area (Å²) in [4.78, 5) is 29.7. The standard InChI is InChI=1S/C28H36N2O5/c1-18(2)17-34-22-12-10-20(11-13-22)26(31)24-25(21-8-7-9-23(16-21)35-19(3)4)30(15-14-29(5)6)28(33)27(24)32/h7-13,16,18-19,25,31H,14-15,17H2,1-6H3/b26-24-. The van der Waals surface area contributed by atoms with Gasteiger partial charge in [0.05, 0.1) is 24.3 Å². The van der Waals surface area contributed by atoms with E-state index in [2.05, 4.69) is 13.8 Å². The Hall–Kier alpha value is -3.32. The Morgan fingerprint density at radius 1 is 1.03 bits per heavy atom. The fourth-order valence-corrected chi connectivity index (χ4v) is 3.92. The lowest BCUT2D eigenvalue weighted by Crippen LogP contribution is -2.35. The van der Waals surface area contributed by atoms with Gasteiger partial charge >= 0.3 is 0 Å². The van der Waals surface area contributed by atoms with E-state index < -0.39 is 17.7 Å². The van der Waals surface area contributed by atoms with Gasteiger partial charge in [-0.05, 0) is 75.8 Å². The van der Waals surface area contributed by atoms with E-state index in [0.29, 0.717) is 48.2 Å². The van der Waals surface area contributed by atoms with E-state index in [1.807, 2.05) is 57.1 Å². The number of ketones is 1. The molecule has 1 aliphatic rings. The summed E-state index contributed by atoms with van der Waals surface area (Å²) < 4.78 is 11.6. The largest absolute Gasteiger partial charge is 0.507 e. The minimum atomic E-state index is -0.720. The van der Waals surface area contributed by atoms with Crippen LogP contribution in [0.4, 0.5) is 0 Å². The van der Waals surface area contributed by atoms with Gasteiger partial charge in [-0.3, -0.25) is 9.59 Å². The van der Waals surface area contributed by atoms with Gasteiger partial charge in [-0.1, -0.05) is 26.0 Å². The molecule has 1 aliphatic heterocycles. The van der Waals surface area contributed by atoms with Gasteiger partial charge in [0.15, 0.2) is 0 Å². The molecular formula is C28H36N2O5. The number of likely N-dealkylation sites (tertiary alicyclic amines) is 1. The van der Waals surface area contributed by atoms with Crippen LogP contribution in [-0.4, -0.2) is 66.5 Å². The van der Waals surface area contributed by atoms with Gasteiger partial charge in [0, 0.05) is 18.7 Å². The molecule has 35 heavy (non-hydrogen) atoms. The van der Waals surface area contributed by atoms with Crippen molar-refractivity contribution in [3.8, 4) is 11.5 Å². The summed E-state index contributed by atoms with van der Waals surface area (Å²) >= 11 is 0. The van der Waals surface area contributed by atoms with Crippen LogP contribution in [-0.2, 0) is 9.59 Å². The van der Waals surface area contributed by atoms with E-state index in [-0.39, 0.29) is 17.4 Å². The van der Waals surface area contributed by atoms with Crippen LogP contribution in [0.25, 0.3) is 5.76 Å². The van der Waals surface area contributed by atoms with E-state index in [1.54, 1.807) is 24.3 Å². The molecule has 3 rings (SSSR count). The fourth-order valence-electron chi connectivity index (χ4n) is 3.92. The van der Waals surface area contributed by atoms with Crippen molar-refractivity contribution in [1.82, 2.24) is 9.80 Å². The Labute approximate surface area is 207 Å². The van der Waals surface area contributed by atoms with Gasteiger partial charge in [0.1, 0.15) is 17.3 Å². The molecular weight excluding hydrogens is 444 g/mol. The third-order valence-electron chi connectivity index (χ3n) is 5.58. The summed E-state index contributed by atoms with van der Waals surface area (Å²) in [5.74, 6) is 0.189. The van der Waals surface area contributed by atoms with Crippen LogP contribution in [0.5, 0.6) is 11.5 Å². The molecule has 0 radical (unpaired) electrons. The Balaban J connectivity index is 2.05. The number of aliphatic hydroxyl groups excluding tert-OH is 1. The molecule has 1 N–H and O–H groups in total. The molecule has 0 saturated carbocycles. The molecule has 1 heterocycles. The van der Waals surface area contributed by atoms with Crippen LogP contribution in [0.1, 0.15) is 44.9 Å². The van der Waals surface area contributed by atoms with Crippen molar-refractivity contribution in [2.45, 2.75) is 39.8 Å². The molecule has 1 unspecified atom stereocenters. The number of carbonyl (C=O) groups is 2. The Morgan fingerprint density at radius 3 is 2.31 bits per heavy atom. The number of hydrogen-bond donors (Lipinski definition) is 1. The SMILES string of the molecule is CC(C)COc1ccc(/C(O)=C2/C(=O)C(=O)N(CCN(C)C)C2c2cccc(OC(C)C)c2)cc1. The van der Waals surface area contributed by atoms with E-state index in [1.165, 1.54) is 4.90 Å². The lowest BCUT2D eigenvalue weighted by atomic mass is 9.95. The van der Waals surface area contributed by atoms with Crippen molar-refractivity contribution in [2.75, 3.05) is 33.8 Å². The lowest BCUT2D eigenvalue weighted by Gasteiger charge is -2.27. The number of hydrogen-bond acceptors (Lipinski definition) is 6. The Kier molecular flexibility index (Phi) is 8.57. The second kappa shape index (κ2) is 11.4. The monoisotopic (exact) mass is 480 g/mol. The van der Waals surface area contributed by atoms with Crippen molar-refractivity contribution in [3.05, 3.63) is 65.2 Å². The predicted molar refractivity (Wildman–Crippen MR) is 137 cm³/mol. The van der Waals surface area contributed by atoms with E-state index in [0.717, 1.165) is 0 Å². The molecule has 1 amide bonds. The van der Waals surface area contributed by atoms with Crippen LogP contribution in [0.2, 0.25) is 0 Å². The molecule has 7 heteroatoms. The number of benzene rings is 2. The average Bonchev–Trinajstić information content (AvgIpc) is 3.06. The number of rotatable bonds is 10. The van der Waals surface area contributed by atoms with Crippen LogP contribution < -0.4 is 9.47 Å². The maximum atomic E-state index is 13.2. The van der Waals surface area contributed by atoms with Crippen LogP contribution in [0.3, 0.4) is 0 Å². The first-order chi connectivity index (χ1) is 16.6. The highest BCUT2D eigenvalue weighted by molar-refractivity contribution is 6.46. The fraction of sp³-hybridized carbons (Fsp3) is 0.429. The highest BCUT2D eigenvalue weighted by Crippen LogP contribution is 2.40. The van der Waals surface area contributed by atoms with Gasteiger partial charge in [0.2, 0.25) is 0 Å². The van der Waals surface area contributed by atoms with Gasteiger partial charge in [-0.15, -0.1) is 0 Å². The third-order valence-corrected chi connectivity index (χ3v) is 5.58. The van der Waals surface area contributed by atoms with Crippen LogP contribution in [0.15, 0.2) is 54.1 Å². The summed E-state index contributed by atoms with van der Waals surface area (Å²) in [6, 6.07) is 13.5. The van der Waals surface area contributed by atoms with Gasteiger partial charge < -0.3 is 24.4 Å². The summed E-state index contributed by atoms with van der Waals surface area (Å²) in [6.45, 7) is 9.50. The molecule has 188 valence electrons. The molecule has 2 aromatic carbocycles. The molecule has 0 aliphatic carbocycles. The first-order valence-electron chi connectivity index (χ1n) is 12.0. The number of ether oxygens (including phenoxy) is 2. The smallest absolute Gasteiger partial charge is 0.295 e. The molecule has 1 atom stereocenters. The number of aliphatic hydroxyl groups is 1. The molecule has 1 fully saturated rings. The van der Waals surface area contributed by atoms with Crippen molar-refractivity contribution in [3.63, 3.8) is 0 Å². The Morgan fingerprint density at radius 2 is 1.71 bits per heavy atom. The number of nitrogens with zero attached hydrogens (tertiary/aromatic N) is 2. The zero-order valence-corrected chi connectivity index (χ0v) is 21.4. The maximum absolute atomic E-state index is 13.2. The third kappa shape index (κ3) is 6.42. The quantitative estimate of drug-likeness (QED) is 0.307. The first-order valence-corrected chi connectivity index (χ1v) is 12.0.